The van der Waals surface area contributed by atoms with Crippen LogP contribution in [-0.2, 0) is 13.5 Å². The first kappa shape index (κ1) is 17.3. The maximum absolute atomic E-state index is 4.52. The van der Waals surface area contributed by atoms with E-state index in [0.717, 1.165) is 42.4 Å². The van der Waals surface area contributed by atoms with Gasteiger partial charge in [0.15, 0.2) is 5.96 Å². The maximum atomic E-state index is 4.52. The molecule has 3 rings (SSSR count). The lowest BCUT2D eigenvalue weighted by Crippen LogP contribution is -2.45. The van der Waals surface area contributed by atoms with Crippen LogP contribution in [0.2, 0.25) is 0 Å². The number of rotatable bonds is 7. The molecule has 0 saturated heterocycles. The van der Waals surface area contributed by atoms with E-state index in [-0.39, 0.29) is 0 Å². The molecule has 1 atom stereocenters. The molecular formula is C19H33N5. The highest BCUT2D eigenvalue weighted by Crippen LogP contribution is 2.48. The van der Waals surface area contributed by atoms with Gasteiger partial charge in [0.05, 0.1) is 5.69 Å². The Hall–Kier alpha value is -1.52. The Morgan fingerprint density at radius 1 is 1.25 bits per heavy atom. The van der Waals surface area contributed by atoms with Crippen LogP contribution < -0.4 is 10.6 Å². The summed E-state index contributed by atoms with van der Waals surface area (Å²) in [5.41, 5.74) is 3.74. The summed E-state index contributed by atoms with van der Waals surface area (Å²) in [4.78, 5) is 4.42. The first-order valence-corrected chi connectivity index (χ1v) is 9.45. The molecule has 2 saturated carbocycles. The lowest BCUT2D eigenvalue weighted by molar-refractivity contribution is 0.399. The SMILES string of the molecule is CN=C(NCC(C1CC1)C1CC1)NC(C)Cc1c(C)nn(C)c1C. The Balaban J connectivity index is 1.50. The minimum absolute atomic E-state index is 0.332. The molecule has 0 spiro atoms. The van der Waals surface area contributed by atoms with E-state index >= 15 is 0 Å². The van der Waals surface area contributed by atoms with Gasteiger partial charge in [0.2, 0.25) is 0 Å². The van der Waals surface area contributed by atoms with Crippen molar-refractivity contribution in [2.45, 2.75) is 58.9 Å². The Kier molecular flexibility index (Phi) is 5.16. The van der Waals surface area contributed by atoms with Gasteiger partial charge in [-0.2, -0.15) is 5.10 Å². The zero-order valence-corrected chi connectivity index (χ0v) is 15.9. The van der Waals surface area contributed by atoms with Crippen molar-refractivity contribution >= 4 is 5.96 Å². The van der Waals surface area contributed by atoms with Crippen LogP contribution in [-0.4, -0.2) is 35.4 Å². The topological polar surface area (TPSA) is 54.2 Å². The zero-order chi connectivity index (χ0) is 17.3. The minimum Gasteiger partial charge on any atom is -0.356 e. The molecule has 1 unspecified atom stereocenters. The molecule has 24 heavy (non-hydrogen) atoms. The molecule has 0 aliphatic heterocycles. The largest absolute Gasteiger partial charge is 0.356 e. The summed E-state index contributed by atoms with van der Waals surface area (Å²) in [6, 6.07) is 0.332. The Bertz CT molecular complexity index is 583. The van der Waals surface area contributed by atoms with Gasteiger partial charge in [-0.3, -0.25) is 9.67 Å². The highest BCUT2D eigenvalue weighted by atomic mass is 15.3. The molecule has 2 aliphatic rings. The third-order valence-corrected chi connectivity index (χ3v) is 5.74. The molecule has 0 bridgehead atoms. The average molecular weight is 332 g/mol. The molecule has 1 heterocycles. The van der Waals surface area contributed by atoms with Crippen molar-refractivity contribution in [2.75, 3.05) is 13.6 Å². The molecule has 1 aromatic rings. The molecule has 0 radical (unpaired) electrons. The van der Waals surface area contributed by atoms with Gasteiger partial charge >= 0.3 is 0 Å². The molecule has 2 aliphatic carbocycles. The fourth-order valence-corrected chi connectivity index (χ4v) is 3.88. The van der Waals surface area contributed by atoms with E-state index in [4.69, 9.17) is 0 Å². The van der Waals surface area contributed by atoms with E-state index in [1.165, 1.54) is 36.9 Å². The van der Waals surface area contributed by atoms with Crippen LogP contribution in [0.1, 0.15) is 49.6 Å². The highest BCUT2D eigenvalue weighted by molar-refractivity contribution is 5.80. The van der Waals surface area contributed by atoms with Crippen LogP contribution in [0.5, 0.6) is 0 Å². The van der Waals surface area contributed by atoms with E-state index < -0.39 is 0 Å². The number of hydrogen-bond acceptors (Lipinski definition) is 2. The molecule has 0 aromatic carbocycles. The summed E-state index contributed by atoms with van der Waals surface area (Å²) in [6.45, 7) is 7.54. The summed E-state index contributed by atoms with van der Waals surface area (Å²) in [5, 5.41) is 11.7. The second-order valence-corrected chi connectivity index (χ2v) is 7.81. The van der Waals surface area contributed by atoms with Crippen LogP contribution in [0.15, 0.2) is 4.99 Å². The summed E-state index contributed by atoms with van der Waals surface area (Å²) < 4.78 is 1.97. The van der Waals surface area contributed by atoms with Crippen molar-refractivity contribution in [3.05, 3.63) is 17.0 Å². The van der Waals surface area contributed by atoms with Crippen LogP contribution in [0, 0.1) is 31.6 Å². The van der Waals surface area contributed by atoms with Crippen molar-refractivity contribution in [1.29, 1.82) is 0 Å². The lowest BCUT2D eigenvalue weighted by atomic mass is 9.98. The normalized spacial score (nSPS) is 19.7. The minimum atomic E-state index is 0.332. The molecular weight excluding hydrogens is 298 g/mol. The Morgan fingerprint density at radius 2 is 1.88 bits per heavy atom. The molecule has 2 fully saturated rings. The molecule has 134 valence electrons. The Labute approximate surface area is 146 Å². The fourth-order valence-electron chi connectivity index (χ4n) is 3.88. The maximum Gasteiger partial charge on any atom is 0.191 e. The summed E-state index contributed by atoms with van der Waals surface area (Å²) >= 11 is 0. The van der Waals surface area contributed by atoms with Crippen molar-refractivity contribution in [3.63, 3.8) is 0 Å². The van der Waals surface area contributed by atoms with Gasteiger partial charge in [0.25, 0.3) is 0 Å². The van der Waals surface area contributed by atoms with Gasteiger partial charge in [0, 0.05) is 32.4 Å². The van der Waals surface area contributed by atoms with E-state index in [2.05, 4.69) is 41.5 Å². The number of aryl methyl sites for hydroxylation is 2. The van der Waals surface area contributed by atoms with E-state index in [0.29, 0.717) is 6.04 Å². The van der Waals surface area contributed by atoms with E-state index in [1.54, 1.807) is 0 Å². The van der Waals surface area contributed by atoms with Crippen molar-refractivity contribution in [1.82, 2.24) is 20.4 Å². The monoisotopic (exact) mass is 331 g/mol. The third kappa shape index (κ3) is 4.11. The summed E-state index contributed by atoms with van der Waals surface area (Å²) in [7, 11) is 3.88. The predicted molar refractivity (Wildman–Crippen MR) is 99.3 cm³/mol. The molecule has 0 amide bonds. The van der Waals surface area contributed by atoms with Gasteiger partial charge in [-0.15, -0.1) is 0 Å². The van der Waals surface area contributed by atoms with Crippen molar-refractivity contribution < 1.29 is 0 Å². The van der Waals surface area contributed by atoms with E-state index in [1.807, 2.05) is 18.8 Å². The summed E-state index contributed by atoms with van der Waals surface area (Å²) in [6.07, 6.45) is 6.71. The molecule has 2 N–H and O–H groups in total. The average Bonchev–Trinajstić information content (AvgIpc) is 3.44. The first-order valence-electron chi connectivity index (χ1n) is 9.45. The van der Waals surface area contributed by atoms with Gasteiger partial charge in [-0.25, -0.2) is 0 Å². The van der Waals surface area contributed by atoms with Crippen LogP contribution in [0.4, 0.5) is 0 Å². The quantitative estimate of drug-likeness (QED) is 0.596. The van der Waals surface area contributed by atoms with Gasteiger partial charge in [-0.05, 0) is 76.2 Å². The van der Waals surface area contributed by atoms with E-state index in [9.17, 15) is 0 Å². The summed E-state index contributed by atoms with van der Waals surface area (Å²) in [5.74, 6) is 3.75. The van der Waals surface area contributed by atoms with Crippen molar-refractivity contribution in [3.8, 4) is 0 Å². The number of nitrogens with zero attached hydrogens (tertiary/aromatic N) is 3. The van der Waals surface area contributed by atoms with Crippen LogP contribution >= 0.6 is 0 Å². The Morgan fingerprint density at radius 3 is 2.33 bits per heavy atom. The van der Waals surface area contributed by atoms with Crippen LogP contribution in [0.25, 0.3) is 0 Å². The molecule has 5 heteroatoms. The molecule has 5 nitrogen and oxygen atoms in total. The number of aromatic nitrogens is 2. The lowest BCUT2D eigenvalue weighted by Gasteiger charge is -2.21. The second-order valence-electron chi connectivity index (χ2n) is 7.81. The van der Waals surface area contributed by atoms with Gasteiger partial charge < -0.3 is 10.6 Å². The number of aliphatic imine (C=N–C) groups is 1. The fraction of sp³-hybridized carbons (Fsp3) is 0.789. The number of guanidine groups is 1. The first-order chi connectivity index (χ1) is 11.5. The van der Waals surface area contributed by atoms with Gasteiger partial charge in [0.1, 0.15) is 0 Å². The standard InChI is InChI=1S/C19H33N5/c1-12(10-17-13(2)23-24(5)14(17)3)22-19(20-4)21-11-18(15-6-7-15)16-8-9-16/h12,15-16,18H,6-11H2,1-5H3,(H2,20,21,22). The van der Waals surface area contributed by atoms with Crippen molar-refractivity contribution in [2.24, 2.45) is 29.8 Å². The van der Waals surface area contributed by atoms with Gasteiger partial charge in [-0.1, -0.05) is 0 Å². The molecule has 1 aromatic heterocycles. The van der Waals surface area contributed by atoms with Crippen LogP contribution in [0.3, 0.4) is 0 Å². The zero-order valence-electron chi connectivity index (χ0n) is 15.9. The second kappa shape index (κ2) is 7.16. The number of nitrogens with one attached hydrogen (secondary N) is 2. The third-order valence-electron chi connectivity index (χ3n) is 5.74. The number of hydrogen-bond donors (Lipinski definition) is 2. The smallest absolute Gasteiger partial charge is 0.191 e. The predicted octanol–water partition coefficient (Wildman–Crippen LogP) is 2.57. The highest BCUT2D eigenvalue weighted by Gasteiger charge is 2.41.